The standard InChI is InChI=1S/C14H19NO6/c1-15-14(17)21-13-11-8(6-18-2)4-5-9(11)10(7-20-13)12(16)19-3/h4,7,9,11,13H,5-6H2,1-3H3,(H,15,17)/t9-,11+,13+/m1/s1. The number of hydrogen-bond donors (Lipinski definition) is 1. The first kappa shape index (κ1) is 15.4. The van der Waals surface area contributed by atoms with Gasteiger partial charge in [-0.2, -0.15) is 0 Å². The predicted octanol–water partition coefficient (Wildman–Crippen LogP) is 0.964. The summed E-state index contributed by atoms with van der Waals surface area (Å²) in [4.78, 5) is 23.2. The zero-order valence-electron chi connectivity index (χ0n) is 12.3. The van der Waals surface area contributed by atoms with Crippen LogP contribution in [0.5, 0.6) is 0 Å². The van der Waals surface area contributed by atoms with Gasteiger partial charge in [0, 0.05) is 20.1 Å². The van der Waals surface area contributed by atoms with Gasteiger partial charge in [-0.1, -0.05) is 6.08 Å². The van der Waals surface area contributed by atoms with Gasteiger partial charge in [0.15, 0.2) is 0 Å². The molecule has 116 valence electrons. The molecule has 0 fully saturated rings. The minimum absolute atomic E-state index is 0.133. The molecule has 1 aliphatic heterocycles. The molecule has 0 aromatic carbocycles. The van der Waals surface area contributed by atoms with Crippen molar-refractivity contribution in [1.29, 1.82) is 0 Å². The summed E-state index contributed by atoms with van der Waals surface area (Å²) < 4.78 is 20.6. The van der Waals surface area contributed by atoms with Crippen LogP contribution < -0.4 is 5.32 Å². The van der Waals surface area contributed by atoms with Crippen LogP contribution in [0.4, 0.5) is 4.79 Å². The molecular formula is C14H19NO6. The van der Waals surface area contributed by atoms with E-state index in [0.717, 1.165) is 5.57 Å². The van der Waals surface area contributed by atoms with Crippen LogP contribution >= 0.6 is 0 Å². The Hall–Kier alpha value is -2.02. The van der Waals surface area contributed by atoms with E-state index in [1.165, 1.54) is 20.4 Å². The van der Waals surface area contributed by atoms with Crippen molar-refractivity contribution in [2.24, 2.45) is 11.8 Å². The quantitative estimate of drug-likeness (QED) is 0.615. The van der Waals surface area contributed by atoms with E-state index < -0.39 is 18.4 Å². The van der Waals surface area contributed by atoms with Crippen LogP contribution in [0, 0.1) is 11.8 Å². The van der Waals surface area contributed by atoms with Gasteiger partial charge < -0.3 is 24.3 Å². The maximum absolute atomic E-state index is 11.8. The van der Waals surface area contributed by atoms with E-state index in [9.17, 15) is 9.59 Å². The third-order valence-electron chi connectivity index (χ3n) is 3.68. The first-order valence-corrected chi connectivity index (χ1v) is 6.62. The molecule has 0 unspecified atom stereocenters. The number of alkyl carbamates (subject to hydrolysis) is 1. The van der Waals surface area contributed by atoms with Gasteiger partial charge >= 0.3 is 12.1 Å². The molecule has 1 aliphatic carbocycles. The summed E-state index contributed by atoms with van der Waals surface area (Å²) in [5, 5.41) is 2.38. The van der Waals surface area contributed by atoms with Crippen molar-refractivity contribution < 1.29 is 28.5 Å². The Labute approximate surface area is 122 Å². The summed E-state index contributed by atoms with van der Waals surface area (Å²) in [5.74, 6) is -0.817. The minimum Gasteiger partial charge on any atom is -0.466 e. The zero-order valence-corrected chi connectivity index (χ0v) is 12.3. The van der Waals surface area contributed by atoms with E-state index in [1.54, 1.807) is 7.11 Å². The number of esters is 1. The molecule has 0 saturated carbocycles. The van der Waals surface area contributed by atoms with E-state index in [-0.39, 0.29) is 11.8 Å². The topological polar surface area (TPSA) is 83.1 Å². The lowest BCUT2D eigenvalue weighted by molar-refractivity contribution is -0.141. The van der Waals surface area contributed by atoms with E-state index >= 15 is 0 Å². The Morgan fingerprint density at radius 1 is 1.43 bits per heavy atom. The molecule has 0 spiro atoms. The number of rotatable bonds is 4. The molecule has 3 atom stereocenters. The van der Waals surface area contributed by atoms with Gasteiger partial charge in [-0.25, -0.2) is 9.59 Å². The number of fused-ring (bicyclic) bond motifs is 1. The Morgan fingerprint density at radius 2 is 2.19 bits per heavy atom. The summed E-state index contributed by atoms with van der Waals surface area (Å²) in [6.45, 7) is 0.395. The third-order valence-corrected chi connectivity index (χ3v) is 3.68. The number of nitrogens with one attached hydrogen (secondary N) is 1. The number of carbonyl (C=O) groups excluding carboxylic acids is 2. The normalized spacial score (nSPS) is 26.9. The van der Waals surface area contributed by atoms with E-state index in [4.69, 9.17) is 18.9 Å². The lowest BCUT2D eigenvalue weighted by atomic mass is 9.83. The van der Waals surface area contributed by atoms with Crippen LogP contribution in [0.1, 0.15) is 6.42 Å². The van der Waals surface area contributed by atoms with Crippen molar-refractivity contribution in [2.75, 3.05) is 27.9 Å². The van der Waals surface area contributed by atoms with Gasteiger partial charge in [-0.15, -0.1) is 0 Å². The van der Waals surface area contributed by atoms with Gasteiger partial charge in [0.1, 0.15) is 0 Å². The lowest BCUT2D eigenvalue weighted by Gasteiger charge is -2.34. The molecule has 7 heteroatoms. The van der Waals surface area contributed by atoms with Crippen molar-refractivity contribution >= 4 is 12.1 Å². The molecule has 7 nitrogen and oxygen atoms in total. The largest absolute Gasteiger partial charge is 0.466 e. The van der Waals surface area contributed by atoms with Crippen LogP contribution in [0.15, 0.2) is 23.5 Å². The monoisotopic (exact) mass is 297 g/mol. The van der Waals surface area contributed by atoms with Crippen molar-refractivity contribution in [1.82, 2.24) is 5.32 Å². The summed E-state index contributed by atoms with van der Waals surface area (Å²) in [7, 11) is 4.38. The van der Waals surface area contributed by atoms with E-state index in [0.29, 0.717) is 18.6 Å². The first-order chi connectivity index (χ1) is 10.1. The number of allylic oxidation sites excluding steroid dienone is 1. The summed E-state index contributed by atoms with van der Waals surface area (Å²) in [5.41, 5.74) is 1.40. The average Bonchev–Trinajstić information content (AvgIpc) is 2.91. The van der Waals surface area contributed by atoms with Gasteiger partial charge in [0.25, 0.3) is 6.29 Å². The van der Waals surface area contributed by atoms with Crippen LogP contribution in [-0.2, 0) is 23.7 Å². The maximum Gasteiger partial charge on any atom is 0.409 e. The molecule has 1 N–H and O–H groups in total. The average molecular weight is 297 g/mol. The van der Waals surface area contributed by atoms with Crippen molar-refractivity contribution in [3.8, 4) is 0 Å². The second-order valence-corrected chi connectivity index (χ2v) is 4.80. The van der Waals surface area contributed by atoms with Gasteiger partial charge in [-0.3, -0.25) is 0 Å². The SMILES string of the molecule is CNC(=O)O[C@@H]1OC=C(C(=O)OC)[C@H]2CC=C(COC)[C@H]12. The van der Waals surface area contributed by atoms with E-state index in [1.807, 2.05) is 6.08 Å². The molecule has 0 radical (unpaired) electrons. The molecule has 1 heterocycles. The van der Waals surface area contributed by atoms with Gasteiger partial charge in [0.05, 0.1) is 31.5 Å². The highest BCUT2D eigenvalue weighted by Gasteiger charge is 2.45. The predicted molar refractivity (Wildman–Crippen MR) is 72.1 cm³/mol. The molecule has 2 rings (SSSR count). The van der Waals surface area contributed by atoms with Crippen LogP contribution in [-0.4, -0.2) is 46.2 Å². The van der Waals surface area contributed by atoms with Crippen molar-refractivity contribution in [3.05, 3.63) is 23.5 Å². The fraction of sp³-hybridized carbons (Fsp3) is 0.571. The van der Waals surface area contributed by atoms with E-state index in [2.05, 4.69) is 5.32 Å². The summed E-state index contributed by atoms with van der Waals surface area (Å²) in [6, 6.07) is 0. The number of amides is 1. The fourth-order valence-electron chi connectivity index (χ4n) is 2.72. The molecule has 1 amide bonds. The molecule has 0 bridgehead atoms. The highest BCUT2D eigenvalue weighted by molar-refractivity contribution is 5.89. The molecular weight excluding hydrogens is 278 g/mol. The van der Waals surface area contributed by atoms with Crippen molar-refractivity contribution in [2.45, 2.75) is 12.7 Å². The Balaban J connectivity index is 2.24. The lowest BCUT2D eigenvalue weighted by Crippen LogP contribution is -2.40. The summed E-state index contributed by atoms with van der Waals surface area (Å²) >= 11 is 0. The zero-order chi connectivity index (χ0) is 15.4. The Morgan fingerprint density at radius 3 is 2.81 bits per heavy atom. The molecule has 0 aromatic heterocycles. The highest BCUT2D eigenvalue weighted by atomic mass is 16.7. The number of carbonyl (C=O) groups is 2. The Kier molecular flexibility index (Phi) is 4.85. The number of hydrogen-bond acceptors (Lipinski definition) is 6. The van der Waals surface area contributed by atoms with Crippen LogP contribution in [0.3, 0.4) is 0 Å². The van der Waals surface area contributed by atoms with Gasteiger partial charge in [0.2, 0.25) is 0 Å². The molecule has 2 aliphatic rings. The van der Waals surface area contributed by atoms with Gasteiger partial charge in [-0.05, 0) is 12.0 Å². The second kappa shape index (κ2) is 6.62. The molecule has 0 aromatic rings. The fourth-order valence-corrected chi connectivity index (χ4v) is 2.72. The van der Waals surface area contributed by atoms with Crippen LogP contribution in [0.25, 0.3) is 0 Å². The summed E-state index contributed by atoms with van der Waals surface area (Å²) in [6.07, 6.45) is 2.60. The number of ether oxygens (including phenoxy) is 4. The third kappa shape index (κ3) is 3.02. The second-order valence-electron chi connectivity index (χ2n) is 4.80. The Bertz CT molecular complexity index is 484. The maximum atomic E-state index is 11.8. The smallest absolute Gasteiger partial charge is 0.409 e. The highest BCUT2D eigenvalue weighted by Crippen LogP contribution is 2.43. The van der Waals surface area contributed by atoms with Crippen molar-refractivity contribution in [3.63, 3.8) is 0 Å². The molecule has 0 saturated heterocycles. The number of methoxy groups -OCH3 is 2. The molecule has 21 heavy (non-hydrogen) atoms. The first-order valence-electron chi connectivity index (χ1n) is 6.62. The van der Waals surface area contributed by atoms with Crippen LogP contribution in [0.2, 0.25) is 0 Å². The minimum atomic E-state index is -0.785.